The fourth-order valence-corrected chi connectivity index (χ4v) is 3.70. The molecule has 0 aliphatic carbocycles. The lowest BCUT2D eigenvalue weighted by molar-refractivity contribution is 0.0944. The maximum absolute atomic E-state index is 12.7. The number of pyridine rings is 1. The molecule has 0 aromatic carbocycles. The number of hydrogen-bond donors (Lipinski definition) is 1. The lowest BCUT2D eigenvalue weighted by atomic mass is 10.3. The van der Waals surface area contributed by atoms with Crippen LogP contribution < -0.4 is 5.32 Å². The summed E-state index contributed by atoms with van der Waals surface area (Å²) >= 11 is 1.52. The van der Waals surface area contributed by atoms with Crippen LogP contribution in [-0.4, -0.2) is 20.3 Å². The SMILES string of the molecule is Cc1nc(-c2ccco2)sc1CNC(=O)c1c(C)nc2ccccn12. The maximum Gasteiger partial charge on any atom is 0.270 e. The average Bonchev–Trinajstić information content (AvgIpc) is 3.30. The quantitative estimate of drug-likeness (QED) is 0.609. The van der Waals surface area contributed by atoms with E-state index in [1.54, 1.807) is 10.7 Å². The molecule has 1 amide bonds. The Bertz CT molecular complexity index is 1050. The number of nitrogens with zero attached hydrogens (tertiary/aromatic N) is 3. The molecule has 0 saturated heterocycles. The third kappa shape index (κ3) is 2.83. The van der Waals surface area contributed by atoms with Crippen LogP contribution in [0, 0.1) is 13.8 Å². The lowest BCUT2D eigenvalue weighted by Crippen LogP contribution is -2.24. The van der Waals surface area contributed by atoms with E-state index >= 15 is 0 Å². The summed E-state index contributed by atoms with van der Waals surface area (Å²) in [5.41, 5.74) is 2.93. The predicted molar refractivity (Wildman–Crippen MR) is 95.7 cm³/mol. The predicted octanol–water partition coefficient (Wildman–Crippen LogP) is 3.60. The van der Waals surface area contributed by atoms with Crippen molar-refractivity contribution >= 4 is 22.9 Å². The van der Waals surface area contributed by atoms with Crippen molar-refractivity contribution in [3.8, 4) is 10.8 Å². The van der Waals surface area contributed by atoms with Gasteiger partial charge in [0.2, 0.25) is 0 Å². The van der Waals surface area contributed by atoms with E-state index in [0.29, 0.717) is 17.9 Å². The molecule has 0 unspecified atom stereocenters. The standard InChI is InChI=1S/C18H16N4O2S/c1-11-14(25-18(21-11)13-6-5-9-24-13)10-19-17(23)16-12(2)20-15-7-3-4-8-22(15)16/h3-9H,10H2,1-2H3,(H,19,23). The van der Waals surface area contributed by atoms with Crippen LogP contribution in [0.4, 0.5) is 0 Å². The molecule has 0 atom stereocenters. The Morgan fingerprint density at radius 1 is 1.20 bits per heavy atom. The molecule has 0 aliphatic rings. The summed E-state index contributed by atoms with van der Waals surface area (Å²) < 4.78 is 7.19. The van der Waals surface area contributed by atoms with Crippen molar-refractivity contribution in [3.05, 3.63) is 64.8 Å². The van der Waals surface area contributed by atoms with Gasteiger partial charge in [0.05, 0.1) is 24.2 Å². The van der Waals surface area contributed by atoms with Crippen LogP contribution in [0.5, 0.6) is 0 Å². The van der Waals surface area contributed by atoms with Gasteiger partial charge in [-0.3, -0.25) is 9.20 Å². The molecule has 0 fully saturated rings. The van der Waals surface area contributed by atoms with Gasteiger partial charge in [0.15, 0.2) is 10.8 Å². The van der Waals surface area contributed by atoms with Crippen LogP contribution in [0.3, 0.4) is 0 Å². The molecule has 0 spiro atoms. The number of fused-ring (bicyclic) bond motifs is 1. The lowest BCUT2D eigenvalue weighted by Gasteiger charge is -2.05. The number of rotatable bonds is 4. The van der Waals surface area contributed by atoms with E-state index in [0.717, 1.165) is 27.0 Å². The summed E-state index contributed by atoms with van der Waals surface area (Å²) in [7, 11) is 0. The number of amides is 1. The summed E-state index contributed by atoms with van der Waals surface area (Å²) in [5, 5.41) is 3.79. The third-order valence-electron chi connectivity index (χ3n) is 3.95. The Balaban J connectivity index is 1.55. The first kappa shape index (κ1) is 15.6. The van der Waals surface area contributed by atoms with Gasteiger partial charge in [0, 0.05) is 11.1 Å². The Hall–Kier alpha value is -2.93. The monoisotopic (exact) mass is 352 g/mol. The van der Waals surface area contributed by atoms with Gasteiger partial charge in [-0.25, -0.2) is 9.97 Å². The van der Waals surface area contributed by atoms with E-state index in [2.05, 4.69) is 15.3 Å². The number of aromatic nitrogens is 3. The Kier molecular flexibility index (Phi) is 3.85. The van der Waals surface area contributed by atoms with E-state index in [-0.39, 0.29) is 5.91 Å². The number of carbonyl (C=O) groups excluding carboxylic acids is 1. The number of furan rings is 1. The van der Waals surface area contributed by atoms with Gasteiger partial charge in [-0.15, -0.1) is 11.3 Å². The normalized spacial score (nSPS) is 11.1. The molecule has 7 heteroatoms. The van der Waals surface area contributed by atoms with Gasteiger partial charge in [-0.2, -0.15) is 0 Å². The minimum atomic E-state index is -0.149. The molecule has 0 bridgehead atoms. The Morgan fingerprint density at radius 3 is 2.88 bits per heavy atom. The molecular formula is C18H16N4O2S. The van der Waals surface area contributed by atoms with E-state index in [1.807, 2.05) is 50.4 Å². The second-order valence-corrected chi connectivity index (χ2v) is 6.75. The highest BCUT2D eigenvalue weighted by Gasteiger charge is 2.17. The van der Waals surface area contributed by atoms with Crippen LogP contribution in [0.1, 0.15) is 26.8 Å². The van der Waals surface area contributed by atoms with Crippen molar-refractivity contribution in [1.82, 2.24) is 19.7 Å². The molecule has 25 heavy (non-hydrogen) atoms. The minimum Gasteiger partial charge on any atom is -0.462 e. The van der Waals surface area contributed by atoms with Crippen molar-refractivity contribution < 1.29 is 9.21 Å². The van der Waals surface area contributed by atoms with Crippen molar-refractivity contribution in [2.24, 2.45) is 0 Å². The van der Waals surface area contributed by atoms with Gasteiger partial charge in [-0.05, 0) is 38.1 Å². The highest BCUT2D eigenvalue weighted by molar-refractivity contribution is 7.15. The fraction of sp³-hybridized carbons (Fsp3) is 0.167. The molecule has 6 nitrogen and oxygen atoms in total. The number of imidazole rings is 1. The topological polar surface area (TPSA) is 72.4 Å². The Morgan fingerprint density at radius 2 is 2.08 bits per heavy atom. The zero-order valence-electron chi connectivity index (χ0n) is 13.8. The van der Waals surface area contributed by atoms with Crippen molar-refractivity contribution in [2.75, 3.05) is 0 Å². The van der Waals surface area contributed by atoms with Crippen molar-refractivity contribution in [1.29, 1.82) is 0 Å². The fourth-order valence-electron chi connectivity index (χ4n) is 2.73. The molecule has 4 aromatic heterocycles. The maximum atomic E-state index is 12.7. The van der Waals surface area contributed by atoms with Crippen LogP contribution in [-0.2, 0) is 6.54 Å². The van der Waals surface area contributed by atoms with E-state index < -0.39 is 0 Å². The highest BCUT2D eigenvalue weighted by atomic mass is 32.1. The molecule has 4 heterocycles. The smallest absolute Gasteiger partial charge is 0.270 e. The molecule has 126 valence electrons. The summed E-state index contributed by atoms with van der Waals surface area (Å²) in [6, 6.07) is 9.38. The highest BCUT2D eigenvalue weighted by Crippen LogP contribution is 2.28. The van der Waals surface area contributed by atoms with Crippen LogP contribution in [0.2, 0.25) is 0 Å². The van der Waals surface area contributed by atoms with E-state index in [4.69, 9.17) is 4.42 Å². The molecule has 0 radical (unpaired) electrons. The molecular weight excluding hydrogens is 336 g/mol. The average molecular weight is 352 g/mol. The van der Waals surface area contributed by atoms with E-state index in [9.17, 15) is 4.79 Å². The summed E-state index contributed by atoms with van der Waals surface area (Å²) in [6.45, 7) is 4.20. The first-order valence-corrected chi connectivity index (χ1v) is 8.67. The third-order valence-corrected chi connectivity index (χ3v) is 5.13. The number of nitrogens with one attached hydrogen (secondary N) is 1. The largest absolute Gasteiger partial charge is 0.462 e. The first-order valence-electron chi connectivity index (χ1n) is 7.85. The zero-order chi connectivity index (χ0) is 17.4. The number of aryl methyl sites for hydroxylation is 2. The van der Waals surface area contributed by atoms with Crippen molar-refractivity contribution in [3.63, 3.8) is 0 Å². The van der Waals surface area contributed by atoms with Crippen LogP contribution in [0.15, 0.2) is 47.2 Å². The van der Waals surface area contributed by atoms with Gasteiger partial charge >= 0.3 is 0 Å². The summed E-state index contributed by atoms with van der Waals surface area (Å²) in [6.07, 6.45) is 3.47. The molecule has 0 aliphatic heterocycles. The molecule has 4 aromatic rings. The second kappa shape index (κ2) is 6.18. The zero-order valence-corrected chi connectivity index (χ0v) is 14.6. The number of hydrogen-bond acceptors (Lipinski definition) is 5. The summed E-state index contributed by atoms with van der Waals surface area (Å²) in [5.74, 6) is 0.590. The summed E-state index contributed by atoms with van der Waals surface area (Å²) in [4.78, 5) is 22.6. The molecule has 1 N–H and O–H groups in total. The molecule has 0 saturated carbocycles. The van der Waals surface area contributed by atoms with E-state index in [1.165, 1.54) is 11.3 Å². The Labute approximate surface area is 148 Å². The second-order valence-electron chi connectivity index (χ2n) is 5.66. The number of carbonyl (C=O) groups is 1. The first-order chi connectivity index (χ1) is 12.1. The van der Waals surface area contributed by atoms with Gasteiger partial charge in [0.25, 0.3) is 5.91 Å². The van der Waals surface area contributed by atoms with Gasteiger partial charge < -0.3 is 9.73 Å². The van der Waals surface area contributed by atoms with Crippen LogP contribution in [0.25, 0.3) is 16.4 Å². The van der Waals surface area contributed by atoms with Gasteiger partial charge in [0.1, 0.15) is 11.3 Å². The molecule has 4 rings (SSSR count). The number of thiazole rings is 1. The van der Waals surface area contributed by atoms with Gasteiger partial charge in [-0.1, -0.05) is 6.07 Å². The van der Waals surface area contributed by atoms with Crippen LogP contribution >= 0.6 is 11.3 Å². The van der Waals surface area contributed by atoms with Crippen molar-refractivity contribution in [2.45, 2.75) is 20.4 Å². The minimum absolute atomic E-state index is 0.149.